The Hall–Kier alpha value is -1.70. The zero-order valence-electron chi connectivity index (χ0n) is 14.9. The maximum absolute atomic E-state index is 13.2. The highest BCUT2D eigenvalue weighted by atomic mass is 32.2. The normalized spacial score (nSPS) is 17.2. The molecule has 0 atom stereocenters. The van der Waals surface area contributed by atoms with Gasteiger partial charge >= 0.3 is 0 Å². The van der Waals surface area contributed by atoms with Crippen LogP contribution < -0.4 is 0 Å². The molecule has 0 N–H and O–H groups in total. The van der Waals surface area contributed by atoms with Gasteiger partial charge < -0.3 is 9.47 Å². The quantitative estimate of drug-likeness (QED) is 0.786. The number of likely N-dealkylation sites (tertiary alicyclic amines) is 1. The molecule has 0 unspecified atom stereocenters. The van der Waals surface area contributed by atoms with Gasteiger partial charge in [0, 0.05) is 25.8 Å². The molecule has 1 saturated heterocycles. The van der Waals surface area contributed by atoms with Gasteiger partial charge in [0.25, 0.3) is 10.0 Å². The molecule has 2 heterocycles. The molecule has 0 spiro atoms. The second-order valence-electron chi connectivity index (χ2n) is 6.76. The number of benzene rings is 1. The molecule has 2 aromatic rings. The first kappa shape index (κ1) is 18.1. The van der Waals surface area contributed by atoms with Crippen LogP contribution in [0.2, 0.25) is 0 Å². The van der Waals surface area contributed by atoms with Crippen molar-refractivity contribution < 1.29 is 8.42 Å². The van der Waals surface area contributed by atoms with Crippen molar-refractivity contribution in [2.75, 3.05) is 26.7 Å². The lowest BCUT2D eigenvalue weighted by molar-refractivity contribution is 0.183. The zero-order chi connectivity index (χ0) is 17.9. The van der Waals surface area contributed by atoms with Gasteiger partial charge in [-0.05, 0) is 45.0 Å². The van der Waals surface area contributed by atoms with Crippen molar-refractivity contribution in [2.24, 2.45) is 7.05 Å². The largest absolute Gasteiger partial charge is 0.339 e. The summed E-state index contributed by atoms with van der Waals surface area (Å²) < 4.78 is 29.7. The summed E-state index contributed by atoms with van der Waals surface area (Å²) in [5.41, 5.74) is 1.15. The van der Waals surface area contributed by atoms with Crippen molar-refractivity contribution in [1.82, 2.24) is 18.8 Å². The predicted octanol–water partition coefficient (Wildman–Crippen LogP) is 1.75. The van der Waals surface area contributed by atoms with Crippen LogP contribution in [-0.2, 0) is 23.5 Å². The number of hydrogen-bond acceptors (Lipinski definition) is 4. The second kappa shape index (κ2) is 7.68. The average molecular weight is 362 g/mol. The molecule has 6 nitrogen and oxygen atoms in total. The Labute approximate surface area is 150 Å². The lowest BCUT2D eigenvalue weighted by atomic mass is 10.0. The van der Waals surface area contributed by atoms with Gasteiger partial charge in [-0.25, -0.2) is 13.4 Å². The van der Waals surface area contributed by atoms with E-state index in [1.807, 2.05) is 30.3 Å². The van der Waals surface area contributed by atoms with Crippen molar-refractivity contribution in [2.45, 2.75) is 30.3 Å². The van der Waals surface area contributed by atoms with E-state index in [2.05, 4.69) is 16.9 Å². The summed E-state index contributed by atoms with van der Waals surface area (Å²) in [7, 11) is 0.284. The molecule has 1 aromatic carbocycles. The summed E-state index contributed by atoms with van der Waals surface area (Å²) in [5.74, 6) is 0. The Kier molecular flexibility index (Phi) is 5.56. The van der Waals surface area contributed by atoms with Gasteiger partial charge in [-0.2, -0.15) is 4.31 Å². The predicted molar refractivity (Wildman–Crippen MR) is 97.8 cm³/mol. The van der Waals surface area contributed by atoms with Crippen LogP contribution in [-0.4, -0.2) is 59.9 Å². The van der Waals surface area contributed by atoms with Gasteiger partial charge in [0.1, 0.15) is 0 Å². The van der Waals surface area contributed by atoms with Crippen molar-refractivity contribution >= 4 is 10.0 Å². The SMILES string of the molecule is CN1CCC(N(CCc2ccccc2)S(=O)(=O)c2cn(C)cn2)CC1. The molecule has 1 fully saturated rings. The first-order chi connectivity index (χ1) is 12.0. The third kappa shape index (κ3) is 4.29. The van der Waals surface area contributed by atoms with E-state index in [1.165, 1.54) is 6.33 Å². The molecular weight excluding hydrogens is 336 g/mol. The fourth-order valence-corrected chi connectivity index (χ4v) is 4.96. The minimum absolute atomic E-state index is 0.0342. The second-order valence-corrected chi connectivity index (χ2v) is 8.60. The van der Waals surface area contributed by atoms with Crippen LogP contribution in [0.3, 0.4) is 0 Å². The molecule has 25 heavy (non-hydrogen) atoms. The van der Waals surface area contributed by atoms with Gasteiger partial charge in [-0.15, -0.1) is 0 Å². The number of piperidine rings is 1. The van der Waals surface area contributed by atoms with Crippen molar-refractivity contribution in [3.8, 4) is 0 Å². The number of aromatic nitrogens is 2. The van der Waals surface area contributed by atoms with E-state index >= 15 is 0 Å². The number of imidazole rings is 1. The first-order valence-corrected chi connectivity index (χ1v) is 10.1. The summed E-state index contributed by atoms with van der Waals surface area (Å²) in [4.78, 5) is 6.35. The minimum atomic E-state index is -3.58. The number of nitrogens with zero attached hydrogens (tertiary/aromatic N) is 4. The Bertz CT molecular complexity index is 780. The number of rotatable bonds is 6. The van der Waals surface area contributed by atoms with E-state index in [0.29, 0.717) is 13.0 Å². The molecule has 0 amide bonds. The van der Waals surface area contributed by atoms with Crippen LogP contribution >= 0.6 is 0 Å². The summed E-state index contributed by atoms with van der Waals surface area (Å²) in [6.45, 7) is 2.33. The van der Waals surface area contributed by atoms with Crippen molar-refractivity contribution in [1.29, 1.82) is 0 Å². The van der Waals surface area contributed by atoms with E-state index in [-0.39, 0.29) is 11.1 Å². The fourth-order valence-electron chi connectivity index (χ4n) is 3.31. The summed E-state index contributed by atoms with van der Waals surface area (Å²) in [6, 6.07) is 10.1. The highest BCUT2D eigenvalue weighted by Crippen LogP contribution is 2.23. The molecule has 0 aliphatic carbocycles. The Morgan fingerprint density at radius 1 is 1.16 bits per heavy atom. The van der Waals surface area contributed by atoms with Crippen molar-refractivity contribution in [3.63, 3.8) is 0 Å². The smallest absolute Gasteiger partial charge is 0.262 e. The van der Waals surface area contributed by atoms with Gasteiger partial charge in [-0.1, -0.05) is 30.3 Å². The number of aryl methyl sites for hydroxylation is 1. The maximum atomic E-state index is 13.2. The minimum Gasteiger partial charge on any atom is -0.339 e. The Balaban J connectivity index is 1.83. The average Bonchev–Trinajstić information content (AvgIpc) is 3.05. The monoisotopic (exact) mass is 362 g/mol. The molecule has 3 rings (SSSR count). The first-order valence-electron chi connectivity index (χ1n) is 8.69. The standard InChI is InChI=1S/C18H26N4O2S/c1-20-11-9-17(10-12-20)22(13-8-16-6-4-3-5-7-16)25(23,24)18-14-21(2)15-19-18/h3-7,14-15,17H,8-13H2,1-2H3. The lowest BCUT2D eigenvalue weighted by Crippen LogP contribution is -2.47. The van der Waals surface area contributed by atoms with E-state index < -0.39 is 10.0 Å². The zero-order valence-corrected chi connectivity index (χ0v) is 15.7. The van der Waals surface area contributed by atoms with Crippen LogP contribution in [0.1, 0.15) is 18.4 Å². The third-order valence-corrected chi connectivity index (χ3v) is 6.65. The Morgan fingerprint density at radius 3 is 2.44 bits per heavy atom. The molecule has 0 radical (unpaired) electrons. The third-order valence-electron chi connectivity index (χ3n) is 4.81. The molecule has 0 bridgehead atoms. The molecule has 136 valence electrons. The molecule has 7 heteroatoms. The summed E-state index contributed by atoms with van der Waals surface area (Å²) >= 11 is 0. The van der Waals surface area contributed by atoms with Gasteiger partial charge in [-0.3, -0.25) is 0 Å². The highest BCUT2D eigenvalue weighted by Gasteiger charge is 2.34. The summed E-state index contributed by atoms with van der Waals surface area (Å²) in [6.07, 6.45) is 5.55. The lowest BCUT2D eigenvalue weighted by Gasteiger charge is -2.36. The van der Waals surface area contributed by atoms with Crippen LogP contribution in [0, 0.1) is 0 Å². The van der Waals surface area contributed by atoms with E-state index in [4.69, 9.17) is 0 Å². The molecule has 1 aliphatic rings. The molecule has 1 aromatic heterocycles. The molecule has 0 saturated carbocycles. The van der Waals surface area contributed by atoms with E-state index in [9.17, 15) is 8.42 Å². The van der Waals surface area contributed by atoms with Crippen molar-refractivity contribution in [3.05, 3.63) is 48.4 Å². The van der Waals surface area contributed by atoms with Gasteiger partial charge in [0.2, 0.25) is 0 Å². The van der Waals surface area contributed by atoms with Gasteiger partial charge in [0.15, 0.2) is 5.03 Å². The topological polar surface area (TPSA) is 58.4 Å². The fraction of sp³-hybridized carbons (Fsp3) is 0.500. The van der Waals surface area contributed by atoms with E-state index in [1.54, 1.807) is 22.1 Å². The van der Waals surface area contributed by atoms with E-state index in [0.717, 1.165) is 31.5 Å². The van der Waals surface area contributed by atoms with Crippen LogP contribution in [0.25, 0.3) is 0 Å². The molecular formula is C18H26N4O2S. The number of sulfonamides is 1. The highest BCUT2D eigenvalue weighted by molar-refractivity contribution is 7.89. The van der Waals surface area contributed by atoms with Gasteiger partial charge in [0.05, 0.1) is 6.33 Å². The molecule has 1 aliphatic heterocycles. The van der Waals surface area contributed by atoms with Crippen LogP contribution in [0.5, 0.6) is 0 Å². The summed E-state index contributed by atoms with van der Waals surface area (Å²) in [5, 5.41) is 0.141. The Morgan fingerprint density at radius 2 is 1.84 bits per heavy atom. The number of hydrogen-bond donors (Lipinski definition) is 0. The maximum Gasteiger partial charge on any atom is 0.262 e. The van der Waals surface area contributed by atoms with Crippen LogP contribution in [0.4, 0.5) is 0 Å². The van der Waals surface area contributed by atoms with Crippen LogP contribution in [0.15, 0.2) is 47.9 Å².